The molecule has 0 amide bonds. The lowest BCUT2D eigenvalue weighted by Gasteiger charge is -2.08. The van der Waals surface area contributed by atoms with Crippen molar-refractivity contribution in [2.75, 3.05) is 13.2 Å². The van der Waals surface area contributed by atoms with Gasteiger partial charge in [0.2, 0.25) is 0 Å². The van der Waals surface area contributed by atoms with E-state index in [1.165, 1.54) is 0 Å². The molecule has 4 nitrogen and oxygen atoms in total. The molecule has 0 atom stereocenters. The fourth-order valence-electron chi connectivity index (χ4n) is 1.97. The molecule has 0 aliphatic rings. The number of nitrogens with zero attached hydrogens (tertiary/aromatic N) is 2. The van der Waals surface area contributed by atoms with Crippen LogP contribution in [0.1, 0.15) is 19.4 Å². The Balaban J connectivity index is 2.08. The van der Waals surface area contributed by atoms with Crippen LogP contribution in [0.2, 0.25) is 0 Å². The molecule has 0 aliphatic carbocycles. The quantitative estimate of drug-likeness (QED) is 0.797. The van der Waals surface area contributed by atoms with Crippen LogP contribution in [0.4, 0.5) is 0 Å². The summed E-state index contributed by atoms with van der Waals surface area (Å²) >= 11 is 0. The predicted molar refractivity (Wildman–Crippen MR) is 71.3 cm³/mol. The SMILES string of the molecule is CC(C)COCCn1cc(CO)c2cccnc21. The second-order valence-electron chi connectivity index (χ2n) is 4.85. The summed E-state index contributed by atoms with van der Waals surface area (Å²) in [6.07, 6.45) is 3.73. The van der Waals surface area contributed by atoms with Crippen LogP contribution in [0.15, 0.2) is 24.5 Å². The molecule has 0 saturated heterocycles. The molecule has 0 aliphatic heterocycles. The predicted octanol–water partition coefficient (Wildman–Crippen LogP) is 2.20. The van der Waals surface area contributed by atoms with Gasteiger partial charge in [-0.1, -0.05) is 13.8 Å². The number of hydrogen-bond acceptors (Lipinski definition) is 3. The number of pyridine rings is 1. The zero-order valence-corrected chi connectivity index (χ0v) is 11.0. The van der Waals surface area contributed by atoms with E-state index < -0.39 is 0 Å². The lowest BCUT2D eigenvalue weighted by atomic mass is 10.2. The number of rotatable bonds is 6. The van der Waals surface area contributed by atoms with E-state index in [-0.39, 0.29) is 6.61 Å². The van der Waals surface area contributed by atoms with E-state index in [9.17, 15) is 5.11 Å². The Morgan fingerprint density at radius 1 is 1.44 bits per heavy atom. The molecule has 4 heteroatoms. The fourth-order valence-corrected chi connectivity index (χ4v) is 1.97. The minimum absolute atomic E-state index is 0.0437. The second-order valence-corrected chi connectivity index (χ2v) is 4.85. The topological polar surface area (TPSA) is 47.3 Å². The summed E-state index contributed by atoms with van der Waals surface area (Å²) in [5.41, 5.74) is 1.83. The van der Waals surface area contributed by atoms with Crippen LogP contribution in [-0.2, 0) is 17.9 Å². The smallest absolute Gasteiger partial charge is 0.140 e. The molecule has 18 heavy (non-hydrogen) atoms. The Morgan fingerprint density at radius 2 is 2.28 bits per heavy atom. The minimum Gasteiger partial charge on any atom is -0.392 e. The lowest BCUT2D eigenvalue weighted by Crippen LogP contribution is -2.09. The molecule has 2 heterocycles. The third-order valence-corrected chi connectivity index (χ3v) is 2.81. The van der Waals surface area contributed by atoms with Gasteiger partial charge < -0.3 is 14.4 Å². The van der Waals surface area contributed by atoms with Crippen LogP contribution < -0.4 is 0 Å². The van der Waals surface area contributed by atoms with Gasteiger partial charge in [-0.15, -0.1) is 0 Å². The van der Waals surface area contributed by atoms with Crippen molar-refractivity contribution in [1.29, 1.82) is 0 Å². The van der Waals surface area contributed by atoms with Gasteiger partial charge in [0, 0.05) is 36.5 Å². The minimum atomic E-state index is 0.0437. The van der Waals surface area contributed by atoms with Gasteiger partial charge in [-0.2, -0.15) is 0 Å². The second kappa shape index (κ2) is 5.98. The van der Waals surface area contributed by atoms with E-state index in [4.69, 9.17) is 4.74 Å². The maximum absolute atomic E-state index is 9.32. The number of hydrogen-bond donors (Lipinski definition) is 1. The first-order valence-electron chi connectivity index (χ1n) is 6.33. The molecule has 1 N–H and O–H groups in total. The highest BCUT2D eigenvalue weighted by Crippen LogP contribution is 2.19. The van der Waals surface area contributed by atoms with Crippen molar-refractivity contribution in [2.24, 2.45) is 5.92 Å². The average molecular weight is 248 g/mol. The zero-order chi connectivity index (χ0) is 13.0. The summed E-state index contributed by atoms with van der Waals surface area (Å²) in [6, 6.07) is 3.88. The van der Waals surface area contributed by atoms with Crippen molar-refractivity contribution >= 4 is 11.0 Å². The summed E-state index contributed by atoms with van der Waals surface area (Å²) in [5, 5.41) is 10.3. The van der Waals surface area contributed by atoms with E-state index in [2.05, 4.69) is 18.8 Å². The number of fused-ring (bicyclic) bond motifs is 1. The van der Waals surface area contributed by atoms with E-state index >= 15 is 0 Å². The molecule has 0 radical (unpaired) electrons. The van der Waals surface area contributed by atoms with Crippen molar-refractivity contribution < 1.29 is 9.84 Å². The third-order valence-electron chi connectivity index (χ3n) is 2.81. The Labute approximate surface area is 107 Å². The van der Waals surface area contributed by atoms with Crippen molar-refractivity contribution in [3.8, 4) is 0 Å². The van der Waals surface area contributed by atoms with Gasteiger partial charge in [0.1, 0.15) is 5.65 Å². The highest BCUT2D eigenvalue weighted by Gasteiger charge is 2.08. The highest BCUT2D eigenvalue weighted by molar-refractivity contribution is 5.80. The largest absolute Gasteiger partial charge is 0.392 e. The Bertz CT molecular complexity index is 505. The van der Waals surface area contributed by atoms with Gasteiger partial charge in [-0.3, -0.25) is 0 Å². The molecule has 2 rings (SSSR count). The number of aromatic nitrogens is 2. The van der Waals surface area contributed by atoms with Crippen LogP contribution in [-0.4, -0.2) is 27.9 Å². The average Bonchev–Trinajstić information content (AvgIpc) is 2.73. The van der Waals surface area contributed by atoms with E-state index in [0.717, 1.165) is 29.7 Å². The van der Waals surface area contributed by atoms with Crippen molar-refractivity contribution in [3.05, 3.63) is 30.1 Å². The molecule has 0 spiro atoms. The van der Waals surface area contributed by atoms with Gasteiger partial charge in [0.15, 0.2) is 0 Å². The molecule has 2 aromatic rings. The first-order valence-corrected chi connectivity index (χ1v) is 6.33. The third kappa shape index (κ3) is 2.89. The Hall–Kier alpha value is -1.39. The first-order chi connectivity index (χ1) is 8.72. The monoisotopic (exact) mass is 248 g/mol. The molecule has 0 bridgehead atoms. The summed E-state index contributed by atoms with van der Waals surface area (Å²) in [7, 11) is 0. The molecule has 98 valence electrons. The Kier molecular flexibility index (Phi) is 4.33. The van der Waals surface area contributed by atoms with Crippen LogP contribution in [0.25, 0.3) is 11.0 Å². The van der Waals surface area contributed by atoms with Gasteiger partial charge in [-0.05, 0) is 18.1 Å². The van der Waals surface area contributed by atoms with Crippen molar-refractivity contribution in [3.63, 3.8) is 0 Å². The number of aliphatic hydroxyl groups is 1. The number of aliphatic hydroxyl groups excluding tert-OH is 1. The van der Waals surface area contributed by atoms with E-state index in [1.54, 1.807) is 6.20 Å². The van der Waals surface area contributed by atoms with Crippen LogP contribution >= 0.6 is 0 Å². The summed E-state index contributed by atoms with van der Waals surface area (Å²) < 4.78 is 7.62. The molecule has 0 fully saturated rings. The van der Waals surface area contributed by atoms with Crippen molar-refractivity contribution in [2.45, 2.75) is 27.0 Å². The molecular formula is C14H20N2O2. The standard InChI is InChI=1S/C14H20N2O2/c1-11(2)10-18-7-6-16-8-12(9-17)13-4-3-5-15-14(13)16/h3-5,8,11,17H,6-7,9-10H2,1-2H3. The van der Waals surface area contributed by atoms with Crippen LogP contribution in [0, 0.1) is 5.92 Å². The molecular weight excluding hydrogens is 228 g/mol. The van der Waals surface area contributed by atoms with Gasteiger partial charge in [0.25, 0.3) is 0 Å². The fraction of sp³-hybridized carbons (Fsp3) is 0.500. The normalized spacial score (nSPS) is 11.6. The van der Waals surface area contributed by atoms with E-state index in [1.807, 2.05) is 22.9 Å². The van der Waals surface area contributed by atoms with Crippen molar-refractivity contribution in [1.82, 2.24) is 9.55 Å². The Morgan fingerprint density at radius 3 is 3.00 bits per heavy atom. The summed E-state index contributed by atoms with van der Waals surface area (Å²) in [6.45, 7) is 6.53. The summed E-state index contributed by atoms with van der Waals surface area (Å²) in [4.78, 5) is 4.36. The maximum atomic E-state index is 9.32. The molecule has 2 aromatic heterocycles. The zero-order valence-electron chi connectivity index (χ0n) is 11.0. The van der Waals surface area contributed by atoms with Crippen LogP contribution in [0.3, 0.4) is 0 Å². The lowest BCUT2D eigenvalue weighted by molar-refractivity contribution is 0.104. The van der Waals surface area contributed by atoms with E-state index in [0.29, 0.717) is 12.5 Å². The summed E-state index contributed by atoms with van der Waals surface area (Å²) in [5.74, 6) is 0.553. The number of ether oxygens (including phenoxy) is 1. The highest BCUT2D eigenvalue weighted by atomic mass is 16.5. The van der Waals surface area contributed by atoms with Gasteiger partial charge >= 0.3 is 0 Å². The maximum Gasteiger partial charge on any atom is 0.140 e. The molecule has 0 saturated carbocycles. The van der Waals surface area contributed by atoms with Crippen LogP contribution in [0.5, 0.6) is 0 Å². The first kappa shape index (κ1) is 13.1. The van der Waals surface area contributed by atoms with Gasteiger partial charge in [-0.25, -0.2) is 4.98 Å². The molecule has 0 aromatic carbocycles. The molecule has 0 unspecified atom stereocenters. The van der Waals surface area contributed by atoms with Gasteiger partial charge in [0.05, 0.1) is 13.2 Å².